The molecular weight excluding hydrogens is 148 g/mol. The fraction of sp³-hybridized carbons (Fsp3) is 0.273. The Morgan fingerprint density at radius 3 is 2.42 bits per heavy atom. The topological polar surface area (TPSA) is 13.1 Å². The Morgan fingerprint density at radius 1 is 1.33 bits per heavy atom. The van der Waals surface area contributed by atoms with Gasteiger partial charge in [-0.05, 0) is 25.0 Å². The summed E-state index contributed by atoms with van der Waals surface area (Å²) in [5.74, 6) is 1.44. The Labute approximate surface area is 73.4 Å². The van der Waals surface area contributed by atoms with Crippen molar-refractivity contribution in [2.45, 2.75) is 18.8 Å². The molecule has 0 atom stereocenters. The van der Waals surface area contributed by atoms with Gasteiger partial charge in [0, 0.05) is 5.92 Å². The molecule has 0 saturated carbocycles. The van der Waals surface area contributed by atoms with Crippen LogP contribution in [0.5, 0.6) is 0 Å². The van der Waals surface area contributed by atoms with Crippen LogP contribution in [0.2, 0.25) is 0 Å². The predicted molar refractivity (Wildman–Crippen MR) is 51.1 cm³/mol. The Bertz CT molecular complexity index is 224. The van der Waals surface area contributed by atoms with E-state index in [1.54, 1.807) is 6.26 Å². The quantitative estimate of drug-likeness (QED) is 0.604. The van der Waals surface area contributed by atoms with Gasteiger partial charge in [-0.3, -0.25) is 0 Å². The van der Waals surface area contributed by atoms with E-state index in [9.17, 15) is 0 Å². The molecule has 0 bridgehead atoms. The maximum Gasteiger partial charge on any atom is 0.107 e. The molecule has 1 nitrogen and oxygen atoms in total. The Hall–Kier alpha value is -1.24. The van der Waals surface area contributed by atoms with Crippen molar-refractivity contribution in [1.29, 1.82) is 0 Å². The highest BCUT2D eigenvalue weighted by Crippen LogP contribution is 2.24. The van der Waals surface area contributed by atoms with Crippen LogP contribution in [0.4, 0.5) is 0 Å². The summed E-state index contributed by atoms with van der Waals surface area (Å²) in [5.41, 5.74) is 0. The summed E-state index contributed by atoms with van der Waals surface area (Å²) in [5, 5.41) is 0. The van der Waals surface area contributed by atoms with Gasteiger partial charge >= 0.3 is 0 Å². The van der Waals surface area contributed by atoms with E-state index < -0.39 is 0 Å². The minimum Gasteiger partial charge on any atom is -0.469 e. The zero-order valence-electron chi connectivity index (χ0n) is 7.20. The second kappa shape index (κ2) is 4.60. The molecule has 0 spiro atoms. The fourth-order valence-electron chi connectivity index (χ4n) is 1.25. The second-order valence-corrected chi connectivity index (χ2v) is 2.76. The highest BCUT2D eigenvalue weighted by atomic mass is 16.3. The lowest BCUT2D eigenvalue weighted by Gasteiger charge is -2.08. The van der Waals surface area contributed by atoms with Crippen LogP contribution in [0.25, 0.3) is 0 Å². The van der Waals surface area contributed by atoms with Crippen molar-refractivity contribution in [3.05, 3.63) is 49.5 Å². The van der Waals surface area contributed by atoms with Crippen LogP contribution in [0, 0.1) is 0 Å². The van der Waals surface area contributed by atoms with Gasteiger partial charge in [-0.15, -0.1) is 13.2 Å². The van der Waals surface area contributed by atoms with E-state index in [0.29, 0.717) is 5.92 Å². The first-order valence-corrected chi connectivity index (χ1v) is 4.13. The third-order valence-corrected chi connectivity index (χ3v) is 1.85. The summed E-state index contributed by atoms with van der Waals surface area (Å²) < 4.78 is 5.31. The van der Waals surface area contributed by atoms with Crippen molar-refractivity contribution < 1.29 is 4.42 Å². The first kappa shape index (κ1) is 8.85. The molecule has 1 aromatic rings. The molecule has 0 unspecified atom stereocenters. The van der Waals surface area contributed by atoms with Gasteiger partial charge in [0.2, 0.25) is 0 Å². The highest BCUT2D eigenvalue weighted by molar-refractivity contribution is 5.08. The molecule has 0 aliphatic heterocycles. The molecule has 0 N–H and O–H groups in total. The first-order valence-electron chi connectivity index (χ1n) is 4.13. The summed E-state index contributed by atoms with van der Waals surface area (Å²) >= 11 is 0. The zero-order chi connectivity index (χ0) is 8.81. The summed E-state index contributed by atoms with van der Waals surface area (Å²) in [6.45, 7) is 7.43. The normalized spacial score (nSPS) is 10.1. The van der Waals surface area contributed by atoms with E-state index in [1.165, 1.54) is 0 Å². The summed E-state index contributed by atoms with van der Waals surface area (Å²) in [7, 11) is 0. The number of furan rings is 1. The lowest BCUT2D eigenvalue weighted by molar-refractivity contribution is 0.463. The molecule has 0 fully saturated rings. The standard InChI is InChI=1S/C11H14O/c1-3-6-10(7-4-2)11-8-5-9-12-11/h3-5,8-10H,1-2,6-7H2. The van der Waals surface area contributed by atoms with Gasteiger partial charge in [-0.2, -0.15) is 0 Å². The van der Waals surface area contributed by atoms with Crippen LogP contribution in [0.3, 0.4) is 0 Å². The van der Waals surface area contributed by atoms with Crippen LogP contribution < -0.4 is 0 Å². The van der Waals surface area contributed by atoms with Crippen molar-refractivity contribution in [1.82, 2.24) is 0 Å². The Morgan fingerprint density at radius 2 is 2.00 bits per heavy atom. The van der Waals surface area contributed by atoms with E-state index in [2.05, 4.69) is 13.2 Å². The SMILES string of the molecule is C=CCC(CC=C)c1ccco1. The minimum atomic E-state index is 0.412. The molecule has 1 heterocycles. The summed E-state index contributed by atoms with van der Waals surface area (Å²) in [6, 6.07) is 3.91. The van der Waals surface area contributed by atoms with Crippen molar-refractivity contribution in [3.8, 4) is 0 Å². The van der Waals surface area contributed by atoms with Gasteiger partial charge in [0.25, 0.3) is 0 Å². The lowest BCUT2D eigenvalue weighted by atomic mass is 9.99. The smallest absolute Gasteiger partial charge is 0.107 e. The minimum absolute atomic E-state index is 0.412. The van der Waals surface area contributed by atoms with Crippen molar-refractivity contribution >= 4 is 0 Å². The number of hydrogen-bond acceptors (Lipinski definition) is 1. The fourth-order valence-corrected chi connectivity index (χ4v) is 1.25. The van der Waals surface area contributed by atoms with Gasteiger partial charge in [-0.25, -0.2) is 0 Å². The Kier molecular flexibility index (Phi) is 3.39. The number of hydrogen-bond donors (Lipinski definition) is 0. The summed E-state index contributed by atoms with van der Waals surface area (Å²) in [4.78, 5) is 0. The molecular formula is C11H14O. The average Bonchev–Trinajstić information content (AvgIpc) is 2.56. The van der Waals surface area contributed by atoms with E-state index in [4.69, 9.17) is 4.42 Å². The van der Waals surface area contributed by atoms with E-state index in [0.717, 1.165) is 18.6 Å². The number of allylic oxidation sites excluding steroid dienone is 2. The molecule has 0 aliphatic rings. The van der Waals surface area contributed by atoms with E-state index in [1.807, 2.05) is 24.3 Å². The van der Waals surface area contributed by atoms with Gasteiger partial charge in [0.1, 0.15) is 5.76 Å². The summed E-state index contributed by atoms with van der Waals surface area (Å²) in [6.07, 6.45) is 7.42. The third kappa shape index (κ3) is 2.12. The van der Waals surface area contributed by atoms with E-state index in [-0.39, 0.29) is 0 Å². The molecule has 64 valence electrons. The first-order chi connectivity index (χ1) is 5.88. The van der Waals surface area contributed by atoms with Crippen LogP contribution >= 0.6 is 0 Å². The van der Waals surface area contributed by atoms with E-state index >= 15 is 0 Å². The number of rotatable bonds is 5. The van der Waals surface area contributed by atoms with Gasteiger partial charge < -0.3 is 4.42 Å². The van der Waals surface area contributed by atoms with Crippen LogP contribution in [0.15, 0.2) is 48.1 Å². The van der Waals surface area contributed by atoms with Gasteiger partial charge in [0.05, 0.1) is 6.26 Å². The van der Waals surface area contributed by atoms with Crippen molar-refractivity contribution in [3.63, 3.8) is 0 Å². The van der Waals surface area contributed by atoms with Crippen LogP contribution in [0.1, 0.15) is 24.5 Å². The van der Waals surface area contributed by atoms with Gasteiger partial charge in [-0.1, -0.05) is 12.2 Å². The second-order valence-electron chi connectivity index (χ2n) is 2.76. The molecule has 0 aromatic carbocycles. The average molecular weight is 162 g/mol. The molecule has 12 heavy (non-hydrogen) atoms. The molecule has 0 aliphatic carbocycles. The largest absolute Gasteiger partial charge is 0.469 e. The molecule has 0 radical (unpaired) electrons. The Balaban J connectivity index is 2.65. The third-order valence-electron chi connectivity index (χ3n) is 1.85. The maximum atomic E-state index is 5.31. The van der Waals surface area contributed by atoms with Crippen molar-refractivity contribution in [2.24, 2.45) is 0 Å². The van der Waals surface area contributed by atoms with Gasteiger partial charge in [0.15, 0.2) is 0 Å². The predicted octanol–water partition coefficient (Wildman–Crippen LogP) is 3.52. The maximum absolute atomic E-state index is 5.31. The highest BCUT2D eigenvalue weighted by Gasteiger charge is 2.09. The molecule has 0 amide bonds. The van der Waals surface area contributed by atoms with Crippen LogP contribution in [-0.2, 0) is 0 Å². The molecule has 1 rings (SSSR count). The zero-order valence-corrected chi connectivity index (χ0v) is 7.20. The molecule has 1 heteroatoms. The van der Waals surface area contributed by atoms with Crippen molar-refractivity contribution in [2.75, 3.05) is 0 Å². The monoisotopic (exact) mass is 162 g/mol. The molecule has 1 aromatic heterocycles. The molecule has 0 saturated heterocycles. The lowest BCUT2D eigenvalue weighted by Crippen LogP contribution is -1.93. The van der Waals surface area contributed by atoms with Crippen LogP contribution in [-0.4, -0.2) is 0 Å².